The van der Waals surface area contributed by atoms with Crippen LogP contribution in [-0.2, 0) is 0 Å². The molecule has 0 saturated heterocycles. The van der Waals surface area contributed by atoms with E-state index in [0.717, 1.165) is 54.0 Å². The normalized spacial score (nSPS) is 13.0. The summed E-state index contributed by atoms with van der Waals surface area (Å²) >= 11 is 0. The summed E-state index contributed by atoms with van der Waals surface area (Å²) in [6.07, 6.45) is 8.37. The number of amides is 2. The number of carbonyl (C=O) groups excluding carboxylic acids is 1. The highest BCUT2D eigenvalue weighted by Crippen LogP contribution is 2.34. The van der Waals surface area contributed by atoms with Crippen LogP contribution in [0.1, 0.15) is 64.5 Å². The van der Waals surface area contributed by atoms with E-state index >= 15 is 0 Å². The summed E-state index contributed by atoms with van der Waals surface area (Å²) in [4.78, 5) is 12.4. The second kappa shape index (κ2) is 11.1. The van der Waals surface area contributed by atoms with E-state index in [2.05, 4.69) is 42.7 Å². The number of phenols is 1. The van der Waals surface area contributed by atoms with Crippen molar-refractivity contribution in [3.05, 3.63) is 53.6 Å². The van der Waals surface area contributed by atoms with Crippen LogP contribution in [0.4, 0.5) is 4.79 Å². The average molecular weight is 382 g/mol. The van der Waals surface area contributed by atoms with Crippen LogP contribution in [0.2, 0.25) is 0 Å². The molecule has 5 heteroatoms. The summed E-state index contributed by atoms with van der Waals surface area (Å²) in [7, 11) is 0. The van der Waals surface area contributed by atoms with Gasteiger partial charge in [-0.25, -0.2) is 10.2 Å². The number of urea groups is 1. The standard InChI is InChI=1S/C23H31N3O2/c1-4-7-11-17(6-3)16-24-26-23(28)25-20(10-5-2)22-19-13-9-8-12-18(19)14-15-21(22)27/h8-9,11-16,20,27H,4-7,10H2,1-3H3,(H2,25,26,28)/b17-11-,24-16+. The topological polar surface area (TPSA) is 73.7 Å². The molecule has 1 atom stereocenters. The lowest BCUT2D eigenvalue weighted by atomic mass is 9.95. The maximum atomic E-state index is 12.4. The highest BCUT2D eigenvalue weighted by Gasteiger charge is 2.19. The molecule has 0 aliphatic rings. The Morgan fingerprint density at radius 1 is 1.14 bits per heavy atom. The number of benzene rings is 2. The summed E-state index contributed by atoms with van der Waals surface area (Å²) in [5, 5.41) is 19.5. The zero-order valence-corrected chi connectivity index (χ0v) is 17.0. The molecular weight excluding hydrogens is 350 g/mol. The number of unbranched alkanes of at least 4 members (excludes halogenated alkanes) is 1. The minimum Gasteiger partial charge on any atom is -0.508 e. The number of nitrogens with zero attached hydrogens (tertiary/aromatic N) is 1. The molecule has 3 N–H and O–H groups in total. The minimum atomic E-state index is -0.382. The number of rotatable bonds is 9. The van der Waals surface area contributed by atoms with Gasteiger partial charge in [-0.3, -0.25) is 0 Å². The molecule has 0 heterocycles. The van der Waals surface area contributed by atoms with Gasteiger partial charge >= 0.3 is 6.03 Å². The van der Waals surface area contributed by atoms with Gasteiger partial charge < -0.3 is 10.4 Å². The first-order chi connectivity index (χ1) is 13.6. The van der Waals surface area contributed by atoms with Crippen LogP contribution in [-0.4, -0.2) is 17.4 Å². The van der Waals surface area contributed by atoms with Crippen molar-refractivity contribution in [1.82, 2.24) is 10.7 Å². The Hall–Kier alpha value is -2.82. The fourth-order valence-electron chi connectivity index (χ4n) is 3.21. The van der Waals surface area contributed by atoms with Gasteiger partial charge in [-0.05, 0) is 41.7 Å². The van der Waals surface area contributed by atoms with Gasteiger partial charge in [0.15, 0.2) is 0 Å². The molecule has 28 heavy (non-hydrogen) atoms. The Morgan fingerprint density at radius 2 is 1.93 bits per heavy atom. The molecule has 0 saturated carbocycles. The summed E-state index contributed by atoms with van der Waals surface area (Å²) in [6, 6.07) is 10.8. The van der Waals surface area contributed by atoms with Gasteiger partial charge in [-0.2, -0.15) is 5.10 Å². The van der Waals surface area contributed by atoms with E-state index < -0.39 is 0 Å². The summed E-state index contributed by atoms with van der Waals surface area (Å²) in [5.41, 5.74) is 4.39. The molecule has 2 aromatic carbocycles. The van der Waals surface area contributed by atoms with Gasteiger partial charge in [0.2, 0.25) is 0 Å². The van der Waals surface area contributed by atoms with Crippen LogP contribution in [0.3, 0.4) is 0 Å². The minimum absolute atomic E-state index is 0.191. The van der Waals surface area contributed by atoms with Crippen molar-refractivity contribution in [3.8, 4) is 5.75 Å². The Labute approximate surface area is 167 Å². The number of nitrogens with one attached hydrogen (secondary N) is 2. The summed E-state index contributed by atoms with van der Waals surface area (Å²) < 4.78 is 0. The monoisotopic (exact) mass is 381 g/mol. The molecule has 0 bridgehead atoms. The third kappa shape index (κ3) is 5.84. The predicted octanol–water partition coefficient (Wildman–Crippen LogP) is 5.81. The van der Waals surface area contributed by atoms with Crippen molar-refractivity contribution in [1.29, 1.82) is 0 Å². The molecule has 0 radical (unpaired) electrons. The Bertz CT molecular complexity index is 843. The van der Waals surface area contributed by atoms with Gasteiger partial charge in [0, 0.05) is 5.56 Å². The molecule has 2 aromatic rings. The number of phenolic OH excluding ortho intramolecular Hbond substituents is 1. The molecule has 0 aliphatic heterocycles. The van der Waals surface area contributed by atoms with Crippen LogP contribution in [0.15, 0.2) is 53.1 Å². The zero-order valence-electron chi connectivity index (χ0n) is 17.0. The molecular formula is C23H31N3O2. The second-order valence-corrected chi connectivity index (χ2v) is 6.83. The third-order valence-corrected chi connectivity index (χ3v) is 4.68. The van der Waals surface area contributed by atoms with Crippen molar-refractivity contribution in [2.24, 2.45) is 5.10 Å². The first kappa shape index (κ1) is 21.5. The van der Waals surface area contributed by atoms with E-state index in [1.165, 1.54) is 0 Å². The average Bonchev–Trinajstić information content (AvgIpc) is 2.70. The van der Waals surface area contributed by atoms with E-state index in [1.807, 2.05) is 30.3 Å². The number of hydrogen-bond acceptors (Lipinski definition) is 3. The maximum Gasteiger partial charge on any atom is 0.335 e. The molecule has 1 unspecified atom stereocenters. The van der Waals surface area contributed by atoms with E-state index in [1.54, 1.807) is 12.3 Å². The van der Waals surface area contributed by atoms with Crippen LogP contribution in [0, 0.1) is 0 Å². The Kier molecular flexibility index (Phi) is 8.53. The van der Waals surface area contributed by atoms with E-state index in [9.17, 15) is 9.90 Å². The lowest BCUT2D eigenvalue weighted by Crippen LogP contribution is -2.35. The largest absolute Gasteiger partial charge is 0.508 e. The van der Waals surface area contributed by atoms with E-state index in [4.69, 9.17) is 0 Å². The molecule has 5 nitrogen and oxygen atoms in total. The number of hydrazone groups is 1. The third-order valence-electron chi connectivity index (χ3n) is 4.68. The zero-order chi connectivity index (χ0) is 20.4. The molecule has 2 amide bonds. The molecule has 0 fully saturated rings. The maximum absolute atomic E-state index is 12.4. The Morgan fingerprint density at radius 3 is 2.64 bits per heavy atom. The first-order valence-corrected chi connectivity index (χ1v) is 10.1. The van der Waals surface area contributed by atoms with Gasteiger partial charge in [0.05, 0.1) is 12.3 Å². The van der Waals surface area contributed by atoms with Crippen LogP contribution in [0.25, 0.3) is 10.8 Å². The molecule has 2 rings (SSSR count). The number of carbonyl (C=O) groups is 1. The lowest BCUT2D eigenvalue weighted by molar-refractivity contribution is 0.236. The number of hydrogen-bond donors (Lipinski definition) is 3. The highest BCUT2D eigenvalue weighted by atomic mass is 16.3. The van der Waals surface area contributed by atoms with Gasteiger partial charge in [0.25, 0.3) is 0 Å². The summed E-state index contributed by atoms with van der Waals surface area (Å²) in [6.45, 7) is 6.25. The first-order valence-electron chi connectivity index (χ1n) is 10.1. The van der Waals surface area contributed by atoms with Crippen molar-refractivity contribution < 1.29 is 9.90 Å². The molecule has 0 aliphatic carbocycles. The van der Waals surface area contributed by atoms with Crippen LogP contribution in [0.5, 0.6) is 5.75 Å². The highest BCUT2D eigenvalue weighted by molar-refractivity contribution is 5.89. The molecule has 0 spiro atoms. The van der Waals surface area contributed by atoms with Crippen molar-refractivity contribution in [2.45, 2.75) is 58.9 Å². The SMILES string of the molecule is CCC/C=C(\C=N\NC(=O)NC(CCC)c1c(O)ccc2ccccc12)CC. The van der Waals surface area contributed by atoms with Crippen LogP contribution >= 0.6 is 0 Å². The van der Waals surface area contributed by atoms with E-state index in [-0.39, 0.29) is 17.8 Å². The number of fused-ring (bicyclic) bond motifs is 1. The lowest BCUT2D eigenvalue weighted by Gasteiger charge is -2.21. The van der Waals surface area contributed by atoms with Crippen molar-refractivity contribution in [2.75, 3.05) is 0 Å². The smallest absolute Gasteiger partial charge is 0.335 e. The van der Waals surface area contributed by atoms with Crippen molar-refractivity contribution in [3.63, 3.8) is 0 Å². The van der Waals surface area contributed by atoms with Gasteiger partial charge in [0.1, 0.15) is 5.75 Å². The summed E-state index contributed by atoms with van der Waals surface area (Å²) in [5.74, 6) is 0.191. The quantitative estimate of drug-likeness (QED) is 0.379. The van der Waals surface area contributed by atoms with Gasteiger partial charge in [-0.15, -0.1) is 0 Å². The fraction of sp³-hybridized carbons (Fsp3) is 0.391. The number of allylic oxidation sites excluding steroid dienone is 2. The molecule has 0 aromatic heterocycles. The predicted molar refractivity (Wildman–Crippen MR) is 117 cm³/mol. The number of aromatic hydroxyl groups is 1. The van der Waals surface area contributed by atoms with Crippen LogP contribution < -0.4 is 10.7 Å². The second-order valence-electron chi connectivity index (χ2n) is 6.83. The van der Waals surface area contributed by atoms with Gasteiger partial charge in [-0.1, -0.05) is 70.0 Å². The fourth-order valence-corrected chi connectivity index (χ4v) is 3.21. The van der Waals surface area contributed by atoms with E-state index in [0.29, 0.717) is 0 Å². The Balaban J connectivity index is 2.15. The molecule has 150 valence electrons. The van der Waals surface area contributed by atoms with Crippen molar-refractivity contribution >= 4 is 23.0 Å².